The highest BCUT2D eigenvalue weighted by atomic mass is 15.1. The molecule has 0 saturated carbocycles. The summed E-state index contributed by atoms with van der Waals surface area (Å²) in [4.78, 5) is 0. The van der Waals surface area contributed by atoms with Crippen molar-refractivity contribution in [1.29, 1.82) is 0 Å². The number of nitrogens with one attached hydrogen (secondary N) is 2. The molecule has 13 heavy (non-hydrogen) atoms. The van der Waals surface area contributed by atoms with E-state index < -0.39 is 0 Å². The van der Waals surface area contributed by atoms with Gasteiger partial charge in [-0.3, -0.25) is 5.10 Å². The summed E-state index contributed by atoms with van der Waals surface area (Å²) >= 11 is 0. The van der Waals surface area contributed by atoms with Gasteiger partial charge >= 0.3 is 0 Å². The second-order valence-corrected chi connectivity index (χ2v) is 3.23. The minimum absolute atomic E-state index is 0.382. The lowest BCUT2D eigenvalue weighted by Crippen LogP contribution is -2.11. The van der Waals surface area contributed by atoms with Crippen molar-refractivity contribution in [3.63, 3.8) is 0 Å². The smallest absolute Gasteiger partial charge is 0.0653 e. The van der Waals surface area contributed by atoms with Crippen molar-refractivity contribution < 1.29 is 0 Å². The Hall–Kier alpha value is -1.35. The minimum Gasteiger partial charge on any atom is -0.313 e. The summed E-state index contributed by atoms with van der Waals surface area (Å²) in [6, 6.07) is 6.72. The standard InChI is InChI=1S/C10H13N3/c1-7(11-2)8-3-4-9-6-12-13-10(9)5-8/h3-7,11H,1-2H3,(H,12,13). The molecule has 0 bridgehead atoms. The topological polar surface area (TPSA) is 40.7 Å². The number of nitrogens with zero attached hydrogens (tertiary/aromatic N) is 1. The van der Waals surface area contributed by atoms with Crippen LogP contribution < -0.4 is 5.32 Å². The van der Waals surface area contributed by atoms with Crippen LogP contribution in [0.2, 0.25) is 0 Å². The van der Waals surface area contributed by atoms with Crippen LogP contribution in [0.1, 0.15) is 18.5 Å². The van der Waals surface area contributed by atoms with E-state index >= 15 is 0 Å². The molecule has 0 aliphatic carbocycles. The van der Waals surface area contributed by atoms with Gasteiger partial charge in [-0.2, -0.15) is 5.10 Å². The van der Waals surface area contributed by atoms with Crippen molar-refractivity contribution in [2.75, 3.05) is 7.05 Å². The number of aromatic amines is 1. The average molecular weight is 175 g/mol. The molecule has 1 heterocycles. The predicted octanol–water partition coefficient (Wildman–Crippen LogP) is 1.84. The largest absolute Gasteiger partial charge is 0.313 e. The second-order valence-electron chi connectivity index (χ2n) is 3.23. The van der Waals surface area contributed by atoms with Crippen LogP contribution in [0.5, 0.6) is 0 Å². The Labute approximate surface area is 77.2 Å². The van der Waals surface area contributed by atoms with Gasteiger partial charge < -0.3 is 5.32 Å². The van der Waals surface area contributed by atoms with E-state index in [2.05, 4.69) is 40.6 Å². The normalized spacial score (nSPS) is 13.4. The van der Waals surface area contributed by atoms with Gasteiger partial charge in [-0.25, -0.2) is 0 Å². The molecule has 3 nitrogen and oxygen atoms in total. The van der Waals surface area contributed by atoms with Crippen LogP contribution in [0.25, 0.3) is 10.9 Å². The van der Waals surface area contributed by atoms with E-state index in [-0.39, 0.29) is 0 Å². The van der Waals surface area contributed by atoms with Crippen LogP contribution in [0.15, 0.2) is 24.4 Å². The molecule has 0 radical (unpaired) electrons. The van der Waals surface area contributed by atoms with Gasteiger partial charge in [0.1, 0.15) is 0 Å². The monoisotopic (exact) mass is 175 g/mol. The maximum absolute atomic E-state index is 3.98. The van der Waals surface area contributed by atoms with Crippen LogP contribution in [-0.2, 0) is 0 Å². The van der Waals surface area contributed by atoms with E-state index in [0.29, 0.717) is 6.04 Å². The predicted molar refractivity (Wildman–Crippen MR) is 53.6 cm³/mol. The van der Waals surface area contributed by atoms with Crippen molar-refractivity contribution in [1.82, 2.24) is 15.5 Å². The molecule has 0 aliphatic heterocycles. The maximum Gasteiger partial charge on any atom is 0.0653 e. The number of hydrogen-bond acceptors (Lipinski definition) is 2. The van der Waals surface area contributed by atoms with Gasteiger partial charge in [-0.15, -0.1) is 0 Å². The molecule has 3 heteroatoms. The van der Waals surface area contributed by atoms with Gasteiger partial charge in [0.15, 0.2) is 0 Å². The van der Waals surface area contributed by atoms with Crippen LogP contribution in [0.4, 0.5) is 0 Å². The number of rotatable bonds is 2. The van der Waals surface area contributed by atoms with Gasteiger partial charge in [0.2, 0.25) is 0 Å². The molecule has 1 atom stereocenters. The number of aromatic nitrogens is 2. The fourth-order valence-corrected chi connectivity index (χ4v) is 1.39. The van der Waals surface area contributed by atoms with Crippen molar-refractivity contribution in [2.24, 2.45) is 0 Å². The molecule has 1 aromatic carbocycles. The number of fused-ring (bicyclic) bond motifs is 1. The molecule has 0 spiro atoms. The molecule has 0 saturated heterocycles. The lowest BCUT2D eigenvalue weighted by atomic mass is 10.1. The fourth-order valence-electron chi connectivity index (χ4n) is 1.39. The first-order valence-corrected chi connectivity index (χ1v) is 4.41. The summed E-state index contributed by atoms with van der Waals surface area (Å²) < 4.78 is 0. The highest BCUT2D eigenvalue weighted by molar-refractivity contribution is 5.78. The van der Waals surface area contributed by atoms with Crippen molar-refractivity contribution in [2.45, 2.75) is 13.0 Å². The molecule has 2 aromatic rings. The van der Waals surface area contributed by atoms with Gasteiger partial charge in [-0.1, -0.05) is 12.1 Å². The highest BCUT2D eigenvalue weighted by Gasteiger charge is 2.03. The third-order valence-electron chi connectivity index (χ3n) is 2.40. The number of hydrogen-bond donors (Lipinski definition) is 2. The third kappa shape index (κ3) is 1.42. The fraction of sp³-hybridized carbons (Fsp3) is 0.300. The SMILES string of the molecule is CNC(C)c1ccc2cn[nH]c2c1. The van der Waals surface area contributed by atoms with Gasteiger partial charge in [0, 0.05) is 11.4 Å². The molecule has 1 aromatic heterocycles. The molecule has 0 aliphatic rings. The zero-order chi connectivity index (χ0) is 9.26. The Kier molecular flexibility index (Phi) is 2.02. The Morgan fingerprint density at radius 3 is 3.08 bits per heavy atom. The van der Waals surface area contributed by atoms with E-state index in [0.717, 1.165) is 10.9 Å². The van der Waals surface area contributed by atoms with Gasteiger partial charge in [0.05, 0.1) is 11.7 Å². The molecular weight excluding hydrogens is 162 g/mol. The first kappa shape index (κ1) is 8.26. The molecule has 2 N–H and O–H groups in total. The van der Waals surface area contributed by atoms with Gasteiger partial charge in [0.25, 0.3) is 0 Å². The maximum atomic E-state index is 3.98. The summed E-state index contributed by atoms with van der Waals surface area (Å²) in [6.07, 6.45) is 1.84. The molecule has 1 unspecified atom stereocenters. The second kappa shape index (κ2) is 3.18. The van der Waals surface area contributed by atoms with Crippen molar-refractivity contribution in [3.8, 4) is 0 Å². The number of H-pyrrole nitrogens is 1. The molecule has 2 rings (SSSR count). The Morgan fingerprint density at radius 1 is 1.46 bits per heavy atom. The van der Waals surface area contributed by atoms with E-state index in [4.69, 9.17) is 0 Å². The first-order chi connectivity index (χ1) is 6.31. The molecule has 0 amide bonds. The number of benzene rings is 1. The lowest BCUT2D eigenvalue weighted by molar-refractivity contribution is 0.653. The van der Waals surface area contributed by atoms with Crippen molar-refractivity contribution in [3.05, 3.63) is 30.0 Å². The zero-order valence-electron chi connectivity index (χ0n) is 7.83. The van der Waals surface area contributed by atoms with Crippen molar-refractivity contribution >= 4 is 10.9 Å². The summed E-state index contributed by atoms with van der Waals surface area (Å²) in [5.74, 6) is 0. The Morgan fingerprint density at radius 2 is 2.31 bits per heavy atom. The van der Waals surface area contributed by atoms with Gasteiger partial charge in [-0.05, 0) is 25.6 Å². The Balaban J connectivity index is 2.48. The Bertz CT molecular complexity index is 405. The zero-order valence-corrected chi connectivity index (χ0v) is 7.83. The molecular formula is C10H13N3. The van der Waals surface area contributed by atoms with Crippen LogP contribution in [0, 0.1) is 0 Å². The minimum atomic E-state index is 0.382. The summed E-state index contributed by atoms with van der Waals surface area (Å²) in [5, 5.41) is 11.3. The van der Waals surface area contributed by atoms with Crippen LogP contribution in [0.3, 0.4) is 0 Å². The van der Waals surface area contributed by atoms with E-state index in [1.165, 1.54) is 5.56 Å². The first-order valence-electron chi connectivity index (χ1n) is 4.41. The van der Waals surface area contributed by atoms with E-state index in [9.17, 15) is 0 Å². The summed E-state index contributed by atoms with van der Waals surface area (Å²) in [6.45, 7) is 2.14. The summed E-state index contributed by atoms with van der Waals surface area (Å²) in [5.41, 5.74) is 2.37. The van der Waals surface area contributed by atoms with Crippen LogP contribution in [-0.4, -0.2) is 17.2 Å². The highest BCUT2D eigenvalue weighted by Crippen LogP contribution is 2.17. The summed E-state index contributed by atoms with van der Waals surface area (Å²) in [7, 11) is 1.96. The molecule has 68 valence electrons. The quantitative estimate of drug-likeness (QED) is 0.731. The van der Waals surface area contributed by atoms with E-state index in [1.807, 2.05) is 13.2 Å². The third-order valence-corrected chi connectivity index (χ3v) is 2.40. The van der Waals surface area contributed by atoms with E-state index in [1.54, 1.807) is 0 Å². The average Bonchev–Trinajstić information content (AvgIpc) is 2.63. The van der Waals surface area contributed by atoms with Crippen LogP contribution >= 0.6 is 0 Å². The lowest BCUT2D eigenvalue weighted by Gasteiger charge is -2.09. The molecule has 0 fully saturated rings.